The molecule has 1 aliphatic rings. The fourth-order valence-corrected chi connectivity index (χ4v) is 2.98. The summed E-state index contributed by atoms with van der Waals surface area (Å²) in [7, 11) is 4.26. The van der Waals surface area contributed by atoms with Gasteiger partial charge in [-0.3, -0.25) is 4.68 Å². The Kier molecular flexibility index (Phi) is 4.81. The second-order valence-corrected chi connectivity index (χ2v) is 5.61. The summed E-state index contributed by atoms with van der Waals surface area (Å²) in [5.41, 5.74) is 3.88. The van der Waals surface area contributed by atoms with Crippen LogP contribution in [0.1, 0.15) is 43.9 Å². The van der Waals surface area contributed by atoms with Crippen LogP contribution in [0.4, 0.5) is 0 Å². The quantitative estimate of drug-likeness (QED) is 0.789. The van der Waals surface area contributed by atoms with E-state index in [9.17, 15) is 0 Å². The van der Waals surface area contributed by atoms with Gasteiger partial charge in [-0.2, -0.15) is 5.10 Å². The minimum atomic E-state index is 0.632. The van der Waals surface area contributed by atoms with Crippen molar-refractivity contribution in [3.8, 4) is 0 Å². The van der Waals surface area contributed by atoms with Crippen LogP contribution in [0, 0.1) is 6.92 Å². The van der Waals surface area contributed by atoms with E-state index in [2.05, 4.69) is 44.1 Å². The van der Waals surface area contributed by atoms with Gasteiger partial charge in [0, 0.05) is 18.4 Å². The molecule has 1 aromatic carbocycles. The molecule has 1 fully saturated rings. The molecule has 110 valence electrons. The average Bonchev–Trinajstić information content (AvgIpc) is 2.79. The molecule has 0 radical (unpaired) electrons. The van der Waals surface area contributed by atoms with Crippen LogP contribution in [0.5, 0.6) is 0 Å². The highest BCUT2D eigenvalue weighted by Crippen LogP contribution is 2.32. The summed E-state index contributed by atoms with van der Waals surface area (Å²) in [5, 5.41) is 6.12. The van der Waals surface area contributed by atoms with Gasteiger partial charge in [-0.1, -0.05) is 26.0 Å². The predicted molar refractivity (Wildman–Crippen MR) is 86.3 cm³/mol. The van der Waals surface area contributed by atoms with Crippen molar-refractivity contribution in [2.45, 2.75) is 39.5 Å². The smallest absolute Gasteiger partial charge is 0.0735 e. The van der Waals surface area contributed by atoms with Gasteiger partial charge in [0.1, 0.15) is 0 Å². The van der Waals surface area contributed by atoms with Crippen LogP contribution < -0.4 is 0 Å². The molecule has 1 aliphatic heterocycles. The van der Waals surface area contributed by atoms with E-state index in [4.69, 9.17) is 5.10 Å². The van der Waals surface area contributed by atoms with Gasteiger partial charge in [-0.15, -0.1) is 0 Å². The van der Waals surface area contributed by atoms with Crippen molar-refractivity contribution >= 4 is 10.9 Å². The van der Waals surface area contributed by atoms with Gasteiger partial charge in [0.15, 0.2) is 0 Å². The van der Waals surface area contributed by atoms with E-state index >= 15 is 0 Å². The van der Waals surface area contributed by atoms with Crippen molar-refractivity contribution in [1.29, 1.82) is 0 Å². The number of hydrogen-bond acceptors (Lipinski definition) is 2. The van der Waals surface area contributed by atoms with Crippen LogP contribution in [-0.4, -0.2) is 34.8 Å². The van der Waals surface area contributed by atoms with Crippen molar-refractivity contribution in [2.24, 2.45) is 7.05 Å². The minimum absolute atomic E-state index is 0.632. The van der Waals surface area contributed by atoms with Crippen molar-refractivity contribution in [1.82, 2.24) is 14.7 Å². The monoisotopic (exact) mass is 273 g/mol. The largest absolute Gasteiger partial charge is 0.306 e. The molecule has 0 bridgehead atoms. The maximum atomic E-state index is 4.78. The van der Waals surface area contributed by atoms with E-state index in [0.717, 1.165) is 0 Å². The zero-order chi connectivity index (χ0) is 14.7. The predicted octanol–water partition coefficient (Wildman–Crippen LogP) is 3.72. The Morgan fingerprint density at radius 1 is 1.10 bits per heavy atom. The van der Waals surface area contributed by atoms with E-state index in [1.54, 1.807) is 0 Å². The first kappa shape index (κ1) is 15.0. The Hall–Kier alpha value is -1.35. The van der Waals surface area contributed by atoms with Gasteiger partial charge in [0.2, 0.25) is 0 Å². The Bertz CT molecular complexity index is 563. The molecule has 0 saturated carbocycles. The lowest BCUT2D eigenvalue weighted by Gasteiger charge is -2.28. The molecule has 0 amide bonds. The van der Waals surface area contributed by atoms with Crippen molar-refractivity contribution < 1.29 is 0 Å². The first-order valence-electron chi connectivity index (χ1n) is 7.77. The topological polar surface area (TPSA) is 21.1 Å². The number of likely N-dealkylation sites (tertiary alicyclic amines) is 1. The second kappa shape index (κ2) is 6.40. The number of aryl methyl sites for hydroxylation is 2. The average molecular weight is 273 g/mol. The van der Waals surface area contributed by atoms with Gasteiger partial charge in [0.05, 0.1) is 11.2 Å². The normalized spacial score (nSPS) is 17.1. The van der Waals surface area contributed by atoms with Gasteiger partial charge < -0.3 is 4.90 Å². The Balaban J connectivity index is 0.000000704. The molecule has 3 rings (SSSR count). The number of piperidine rings is 1. The summed E-state index contributed by atoms with van der Waals surface area (Å²) in [6.07, 6.45) is 2.47. The maximum absolute atomic E-state index is 4.78. The Labute approximate surface area is 122 Å². The standard InChI is InChI=1S/C15H21N3.C2H6/c1-11-4-5-13-14(10-11)18(3)16-15(13)12-6-8-17(2)9-7-12;1-2/h4-5,10,12H,6-9H2,1-3H3;1-2H3. The van der Waals surface area contributed by atoms with Crippen LogP contribution in [0.3, 0.4) is 0 Å². The Morgan fingerprint density at radius 2 is 1.75 bits per heavy atom. The molecule has 2 heterocycles. The van der Waals surface area contributed by atoms with Crippen LogP contribution >= 0.6 is 0 Å². The number of hydrogen-bond donors (Lipinski definition) is 0. The minimum Gasteiger partial charge on any atom is -0.306 e. The van der Waals surface area contributed by atoms with Gasteiger partial charge in [0.25, 0.3) is 0 Å². The fourth-order valence-electron chi connectivity index (χ4n) is 2.98. The molecular formula is C17H27N3. The Morgan fingerprint density at radius 3 is 2.40 bits per heavy atom. The molecule has 0 unspecified atom stereocenters. The summed E-state index contributed by atoms with van der Waals surface area (Å²) < 4.78 is 2.04. The molecular weight excluding hydrogens is 246 g/mol. The third-order valence-corrected chi connectivity index (χ3v) is 4.14. The highest BCUT2D eigenvalue weighted by atomic mass is 15.3. The highest BCUT2D eigenvalue weighted by Gasteiger charge is 2.23. The van der Waals surface area contributed by atoms with E-state index in [0.29, 0.717) is 5.92 Å². The summed E-state index contributed by atoms with van der Waals surface area (Å²) in [4.78, 5) is 2.41. The van der Waals surface area contributed by atoms with E-state index in [1.165, 1.54) is 48.1 Å². The van der Waals surface area contributed by atoms with E-state index in [-0.39, 0.29) is 0 Å². The number of benzene rings is 1. The van der Waals surface area contributed by atoms with E-state index in [1.807, 2.05) is 18.5 Å². The van der Waals surface area contributed by atoms with Crippen LogP contribution in [-0.2, 0) is 7.05 Å². The number of aromatic nitrogens is 2. The van der Waals surface area contributed by atoms with Gasteiger partial charge in [-0.05, 0) is 51.5 Å². The zero-order valence-electron chi connectivity index (χ0n) is 13.5. The maximum Gasteiger partial charge on any atom is 0.0735 e. The molecule has 0 aliphatic carbocycles. The summed E-state index contributed by atoms with van der Waals surface area (Å²) in [6, 6.07) is 6.68. The molecule has 2 aromatic rings. The third-order valence-electron chi connectivity index (χ3n) is 4.14. The molecule has 0 N–H and O–H groups in total. The lowest BCUT2D eigenvalue weighted by Crippen LogP contribution is -2.29. The molecule has 3 nitrogen and oxygen atoms in total. The van der Waals surface area contributed by atoms with E-state index < -0.39 is 0 Å². The lowest BCUT2D eigenvalue weighted by molar-refractivity contribution is 0.253. The third kappa shape index (κ3) is 2.88. The summed E-state index contributed by atoms with van der Waals surface area (Å²) in [6.45, 7) is 8.52. The van der Waals surface area contributed by atoms with Crippen LogP contribution in [0.2, 0.25) is 0 Å². The molecule has 0 spiro atoms. The van der Waals surface area contributed by atoms with Crippen molar-refractivity contribution in [2.75, 3.05) is 20.1 Å². The fraction of sp³-hybridized carbons (Fsp3) is 0.588. The summed E-state index contributed by atoms with van der Waals surface area (Å²) in [5.74, 6) is 0.632. The molecule has 3 heteroatoms. The first-order chi connectivity index (χ1) is 9.65. The molecule has 20 heavy (non-hydrogen) atoms. The van der Waals surface area contributed by atoms with Crippen molar-refractivity contribution in [3.05, 3.63) is 29.5 Å². The zero-order valence-corrected chi connectivity index (χ0v) is 13.5. The SMILES string of the molecule is CC.Cc1ccc2c(C3CCN(C)CC3)nn(C)c2c1. The second-order valence-electron chi connectivity index (χ2n) is 5.61. The number of nitrogens with zero attached hydrogens (tertiary/aromatic N) is 3. The first-order valence-corrected chi connectivity index (χ1v) is 7.77. The van der Waals surface area contributed by atoms with Crippen LogP contribution in [0.15, 0.2) is 18.2 Å². The van der Waals surface area contributed by atoms with Crippen LogP contribution in [0.25, 0.3) is 10.9 Å². The van der Waals surface area contributed by atoms with Gasteiger partial charge >= 0.3 is 0 Å². The molecule has 0 atom stereocenters. The molecule has 1 saturated heterocycles. The van der Waals surface area contributed by atoms with Crippen molar-refractivity contribution in [3.63, 3.8) is 0 Å². The summed E-state index contributed by atoms with van der Waals surface area (Å²) >= 11 is 0. The number of rotatable bonds is 1. The number of fused-ring (bicyclic) bond motifs is 1. The lowest BCUT2D eigenvalue weighted by atomic mass is 9.92. The molecule has 1 aromatic heterocycles. The van der Waals surface area contributed by atoms with Gasteiger partial charge in [-0.25, -0.2) is 0 Å². The highest BCUT2D eigenvalue weighted by molar-refractivity contribution is 5.83.